The van der Waals surface area contributed by atoms with E-state index in [1.807, 2.05) is 0 Å². The molecule has 2 heterocycles. The molecular formula is C102H68N2. The lowest BCUT2D eigenvalue weighted by molar-refractivity contribution is 0.667. The molecule has 0 aliphatic heterocycles. The summed E-state index contributed by atoms with van der Waals surface area (Å²) < 4.78 is 4.92. The van der Waals surface area contributed by atoms with E-state index < -0.39 is 0 Å². The van der Waals surface area contributed by atoms with Crippen LogP contribution < -0.4 is 0 Å². The summed E-state index contributed by atoms with van der Waals surface area (Å²) in [7, 11) is 0. The minimum atomic E-state index is -0.260. The summed E-state index contributed by atoms with van der Waals surface area (Å²) in [6.45, 7) is 9.69. The van der Waals surface area contributed by atoms with Crippen molar-refractivity contribution in [3.63, 3.8) is 0 Å². The van der Waals surface area contributed by atoms with Gasteiger partial charge in [-0.25, -0.2) is 0 Å². The third-order valence-electron chi connectivity index (χ3n) is 23.9. The highest BCUT2D eigenvalue weighted by molar-refractivity contribution is 6.13. The van der Waals surface area contributed by atoms with Crippen molar-refractivity contribution in [1.82, 2.24) is 9.13 Å². The van der Waals surface area contributed by atoms with Gasteiger partial charge < -0.3 is 9.13 Å². The summed E-state index contributed by atoms with van der Waals surface area (Å²) in [6.07, 6.45) is 0. The van der Waals surface area contributed by atoms with Crippen LogP contribution in [0.5, 0.6) is 0 Å². The number of fused-ring (bicyclic) bond motifs is 21. The van der Waals surface area contributed by atoms with Crippen LogP contribution >= 0.6 is 0 Å². The third-order valence-corrected chi connectivity index (χ3v) is 23.9. The Bertz CT molecular complexity index is 6930. The van der Waals surface area contributed by atoms with Gasteiger partial charge >= 0.3 is 0 Å². The third kappa shape index (κ3) is 8.63. The second kappa shape index (κ2) is 21.8. The van der Waals surface area contributed by atoms with E-state index in [9.17, 15) is 0 Å². The molecule has 486 valence electrons. The standard InChI is InChI=1S/C102H68N2/c1-101(2)93-59-65-18-6-5-17-64(65)58-92(93)90-46-37-61-31-32-72(57-91(61)100(90)101)63-20-15-19-62(49-63)66-33-34-68-51-69(36-35-67(68)50-66)70-38-43-81-73(52-70)21-16-26-80(81)74-40-45-83-76(54-74)42-48-89-88-47-41-75-53-71(39-44-82(75)98(88)102(3,4)99(83)89)77-55-78(103-94-27-11-7-22-84(94)85-23-8-12-28-95(85)103)60-79(56-77)104-96-29-13-9-24-86(96)87-25-10-14-30-97(87)104/h5-60H,1-4H3. The second-order valence-electron chi connectivity index (χ2n) is 30.3. The Balaban J connectivity index is 0.561. The molecule has 2 nitrogen and oxygen atoms in total. The minimum Gasteiger partial charge on any atom is -0.309 e. The highest BCUT2D eigenvalue weighted by Gasteiger charge is 2.40. The van der Waals surface area contributed by atoms with Gasteiger partial charge in [-0.2, -0.15) is 0 Å². The topological polar surface area (TPSA) is 9.86 Å². The maximum Gasteiger partial charge on any atom is 0.0541 e. The Morgan fingerprint density at radius 2 is 0.548 bits per heavy atom. The molecule has 0 amide bonds. The van der Waals surface area contributed by atoms with Gasteiger partial charge in [-0.15, -0.1) is 0 Å². The van der Waals surface area contributed by atoms with Crippen LogP contribution in [0.4, 0.5) is 0 Å². The van der Waals surface area contributed by atoms with Gasteiger partial charge in [-0.3, -0.25) is 0 Å². The van der Waals surface area contributed by atoms with Crippen LogP contribution in [0.1, 0.15) is 49.9 Å². The quantitative estimate of drug-likeness (QED) is 0.151. The van der Waals surface area contributed by atoms with Gasteiger partial charge in [-0.1, -0.05) is 270 Å². The monoisotopic (exact) mass is 1320 g/mol. The minimum absolute atomic E-state index is 0.126. The molecule has 2 heteroatoms. The van der Waals surface area contributed by atoms with Crippen LogP contribution in [0.25, 0.3) is 198 Å². The van der Waals surface area contributed by atoms with Crippen LogP contribution in [0, 0.1) is 0 Å². The summed E-state index contributed by atoms with van der Waals surface area (Å²) in [6, 6.07) is 129. The lowest BCUT2D eigenvalue weighted by Gasteiger charge is -2.25. The number of aromatic nitrogens is 2. The summed E-state index contributed by atoms with van der Waals surface area (Å²) in [5, 5.41) is 20.3. The van der Waals surface area contributed by atoms with E-state index in [0.717, 1.165) is 11.4 Å². The molecule has 20 aromatic rings. The van der Waals surface area contributed by atoms with Crippen LogP contribution in [0.3, 0.4) is 0 Å². The number of para-hydroxylation sites is 4. The smallest absolute Gasteiger partial charge is 0.0541 e. The fourth-order valence-electron chi connectivity index (χ4n) is 19.1. The van der Waals surface area contributed by atoms with E-state index >= 15 is 0 Å². The zero-order valence-electron chi connectivity index (χ0n) is 58.2. The number of hydrogen-bond donors (Lipinski definition) is 0. The molecular weight excluding hydrogens is 1250 g/mol. The molecule has 104 heavy (non-hydrogen) atoms. The van der Waals surface area contributed by atoms with Gasteiger partial charge in [0.25, 0.3) is 0 Å². The number of benzene rings is 18. The van der Waals surface area contributed by atoms with Crippen LogP contribution in [-0.4, -0.2) is 9.13 Å². The molecule has 0 radical (unpaired) electrons. The molecule has 0 spiro atoms. The van der Waals surface area contributed by atoms with E-state index in [0.29, 0.717) is 0 Å². The van der Waals surface area contributed by atoms with Crippen molar-refractivity contribution in [3.8, 4) is 89.3 Å². The molecule has 2 aromatic heterocycles. The molecule has 0 N–H and O–H groups in total. The molecule has 0 atom stereocenters. The molecule has 2 aliphatic rings. The van der Waals surface area contributed by atoms with E-state index in [2.05, 4.69) is 377 Å². The van der Waals surface area contributed by atoms with E-state index in [-0.39, 0.29) is 10.8 Å². The largest absolute Gasteiger partial charge is 0.309 e. The Hall–Kier alpha value is -12.9. The summed E-state index contributed by atoms with van der Waals surface area (Å²) >= 11 is 0. The van der Waals surface area contributed by atoms with E-state index in [1.54, 1.807) is 0 Å². The van der Waals surface area contributed by atoms with Crippen LogP contribution in [-0.2, 0) is 10.8 Å². The van der Waals surface area contributed by atoms with Gasteiger partial charge in [0, 0.05) is 43.7 Å². The first-order chi connectivity index (χ1) is 51.0. The highest BCUT2D eigenvalue weighted by atomic mass is 15.0. The van der Waals surface area contributed by atoms with Crippen LogP contribution in [0.2, 0.25) is 0 Å². The lowest BCUT2D eigenvalue weighted by atomic mass is 9.78. The first kappa shape index (κ1) is 58.9. The lowest BCUT2D eigenvalue weighted by Crippen LogP contribution is -2.16. The Morgan fingerprint density at radius 3 is 1.11 bits per heavy atom. The van der Waals surface area contributed by atoms with Crippen molar-refractivity contribution in [2.75, 3.05) is 0 Å². The first-order valence-electron chi connectivity index (χ1n) is 36.6. The SMILES string of the molecule is CC1(C)c2cc3ccccc3cc2-c2ccc3ccc(-c4cccc(-c5ccc6cc(-c7ccc8c(-c9ccc%10c%11c(ccc%10c9)-c9ccc%10cc(-c%12cc(-n%13c%14ccccc%14c%14ccccc%14%13)cc(-n%13c%14ccccc%14c%14ccccc%14%13)c%12)ccc%10c9C%11(C)C)cccc8c7)ccc6c5)c4)cc3c21. The van der Waals surface area contributed by atoms with Crippen molar-refractivity contribution in [1.29, 1.82) is 0 Å². The Kier molecular flexibility index (Phi) is 12.4. The summed E-state index contributed by atoms with van der Waals surface area (Å²) in [5.41, 5.74) is 29.8. The zero-order chi connectivity index (χ0) is 68.8. The maximum atomic E-state index is 2.46. The molecule has 0 saturated heterocycles. The number of nitrogens with zero attached hydrogens (tertiary/aromatic N) is 2. The fourth-order valence-corrected chi connectivity index (χ4v) is 19.1. The van der Waals surface area contributed by atoms with Gasteiger partial charge in [-0.05, 0) is 262 Å². The molecule has 18 aromatic carbocycles. The van der Waals surface area contributed by atoms with E-state index in [1.165, 1.54) is 208 Å². The summed E-state index contributed by atoms with van der Waals surface area (Å²) in [4.78, 5) is 0. The van der Waals surface area contributed by atoms with Gasteiger partial charge in [0.05, 0.1) is 22.1 Å². The molecule has 0 saturated carbocycles. The first-order valence-corrected chi connectivity index (χ1v) is 36.6. The highest BCUT2D eigenvalue weighted by Crippen LogP contribution is 2.56. The molecule has 0 unspecified atom stereocenters. The van der Waals surface area contributed by atoms with E-state index in [4.69, 9.17) is 0 Å². The average molecular weight is 1320 g/mol. The summed E-state index contributed by atoms with van der Waals surface area (Å²) in [5.74, 6) is 0. The molecule has 22 rings (SSSR count). The average Bonchev–Trinajstić information content (AvgIpc) is 1.55. The van der Waals surface area contributed by atoms with Crippen molar-refractivity contribution in [2.24, 2.45) is 0 Å². The van der Waals surface area contributed by atoms with Gasteiger partial charge in [0.1, 0.15) is 0 Å². The predicted molar refractivity (Wildman–Crippen MR) is 442 cm³/mol. The molecule has 0 bridgehead atoms. The second-order valence-corrected chi connectivity index (χ2v) is 30.3. The Morgan fingerprint density at radius 1 is 0.183 bits per heavy atom. The van der Waals surface area contributed by atoms with Crippen molar-refractivity contribution in [2.45, 2.75) is 38.5 Å². The number of hydrogen-bond acceptors (Lipinski definition) is 0. The predicted octanol–water partition coefficient (Wildman–Crippen LogP) is 27.7. The maximum absolute atomic E-state index is 2.46. The molecule has 0 fully saturated rings. The normalized spacial score (nSPS) is 13.5. The molecule has 2 aliphatic carbocycles. The van der Waals surface area contributed by atoms with Crippen molar-refractivity contribution in [3.05, 3.63) is 362 Å². The fraction of sp³-hybridized carbons (Fsp3) is 0.0588. The Labute approximate surface area is 603 Å². The van der Waals surface area contributed by atoms with Crippen molar-refractivity contribution >= 4 is 108 Å². The van der Waals surface area contributed by atoms with Gasteiger partial charge in [0.15, 0.2) is 0 Å². The number of rotatable bonds is 7. The van der Waals surface area contributed by atoms with Gasteiger partial charge in [0.2, 0.25) is 0 Å². The van der Waals surface area contributed by atoms with Crippen molar-refractivity contribution < 1.29 is 0 Å². The zero-order valence-corrected chi connectivity index (χ0v) is 58.2. The van der Waals surface area contributed by atoms with Crippen LogP contribution in [0.15, 0.2) is 340 Å².